The molecule has 3 aromatic rings. The molecule has 3 rings (SSSR count). The Morgan fingerprint density at radius 1 is 1.09 bits per heavy atom. The minimum Gasteiger partial charge on any atom is -0.364 e. The molecule has 0 atom stereocenters. The first-order valence-electron chi connectivity index (χ1n) is 7.15. The van der Waals surface area contributed by atoms with Crippen molar-refractivity contribution in [3.05, 3.63) is 52.8 Å². The molecule has 0 saturated heterocycles. The Morgan fingerprint density at radius 2 is 1.86 bits per heavy atom. The van der Waals surface area contributed by atoms with Crippen LogP contribution in [0.3, 0.4) is 0 Å². The molecule has 5 nitrogen and oxygen atoms in total. The summed E-state index contributed by atoms with van der Waals surface area (Å²) in [6.07, 6.45) is 0. The molecule has 0 fully saturated rings. The van der Waals surface area contributed by atoms with Gasteiger partial charge in [-0.15, -0.1) is 15.3 Å². The second kappa shape index (κ2) is 5.57. The summed E-state index contributed by atoms with van der Waals surface area (Å²) in [6, 6.07) is 11.6. The van der Waals surface area contributed by atoms with Gasteiger partial charge >= 0.3 is 0 Å². The third-order valence-corrected chi connectivity index (χ3v) is 3.72. The molecule has 0 aliphatic rings. The third kappa shape index (κ3) is 2.90. The minimum absolute atomic E-state index is 0.117. The Kier molecular flexibility index (Phi) is 3.74. The molecule has 1 N–H and O–H groups in total. The molecule has 2 aromatic heterocycles. The lowest BCUT2D eigenvalue weighted by molar-refractivity contribution is 0.527. The Balaban J connectivity index is 1.87. The van der Waals surface area contributed by atoms with E-state index in [0.717, 1.165) is 27.9 Å². The van der Waals surface area contributed by atoms with Crippen LogP contribution in [0.2, 0.25) is 5.02 Å². The second-order valence-corrected chi connectivity index (χ2v) is 6.61. The lowest BCUT2D eigenvalue weighted by atomic mass is 9.96. The maximum atomic E-state index is 6.17. The third-order valence-electron chi connectivity index (χ3n) is 3.35. The van der Waals surface area contributed by atoms with Gasteiger partial charge in [-0.3, -0.25) is 0 Å². The monoisotopic (exact) mass is 315 g/mol. The van der Waals surface area contributed by atoms with Crippen LogP contribution in [0.25, 0.3) is 5.65 Å². The lowest BCUT2D eigenvalue weighted by Gasteiger charge is -2.15. The molecule has 0 unspecified atom stereocenters. The van der Waals surface area contributed by atoms with Crippen LogP contribution in [0.4, 0.5) is 5.82 Å². The Bertz CT molecular complexity index is 804. The van der Waals surface area contributed by atoms with Crippen LogP contribution >= 0.6 is 11.6 Å². The van der Waals surface area contributed by atoms with Crippen molar-refractivity contribution >= 4 is 23.1 Å². The Labute approximate surface area is 134 Å². The van der Waals surface area contributed by atoms with Crippen LogP contribution in [-0.4, -0.2) is 19.8 Å². The molecule has 0 spiro atoms. The highest BCUT2D eigenvalue weighted by molar-refractivity contribution is 6.31. The van der Waals surface area contributed by atoms with Crippen LogP contribution in [0.15, 0.2) is 36.4 Å². The highest BCUT2D eigenvalue weighted by Crippen LogP contribution is 2.21. The zero-order valence-electron chi connectivity index (χ0n) is 12.8. The van der Waals surface area contributed by atoms with Gasteiger partial charge in [-0.25, -0.2) is 0 Å². The first kappa shape index (κ1) is 14.8. The maximum Gasteiger partial charge on any atom is 0.178 e. The highest BCUT2D eigenvalue weighted by Gasteiger charge is 2.21. The van der Waals surface area contributed by atoms with E-state index in [9.17, 15) is 0 Å². The smallest absolute Gasteiger partial charge is 0.178 e. The van der Waals surface area contributed by atoms with Crippen molar-refractivity contribution in [2.75, 3.05) is 5.32 Å². The minimum atomic E-state index is -0.117. The summed E-state index contributed by atoms with van der Waals surface area (Å²) in [4.78, 5) is 0. The van der Waals surface area contributed by atoms with Crippen LogP contribution in [0.1, 0.15) is 32.2 Å². The maximum absolute atomic E-state index is 6.17. The van der Waals surface area contributed by atoms with Gasteiger partial charge in [0, 0.05) is 17.0 Å². The van der Waals surface area contributed by atoms with Gasteiger partial charge in [0.25, 0.3) is 0 Å². The van der Waals surface area contributed by atoms with Gasteiger partial charge in [-0.1, -0.05) is 50.6 Å². The van der Waals surface area contributed by atoms with E-state index in [1.54, 1.807) is 4.52 Å². The normalized spacial score (nSPS) is 11.8. The number of hydrogen-bond acceptors (Lipinski definition) is 4. The van der Waals surface area contributed by atoms with Crippen molar-refractivity contribution < 1.29 is 0 Å². The average Bonchev–Trinajstić information content (AvgIpc) is 2.89. The van der Waals surface area contributed by atoms with E-state index in [4.69, 9.17) is 11.6 Å². The highest BCUT2D eigenvalue weighted by atomic mass is 35.5. The number of halogens is 1. The van der Waals surface area contributed by atoms with E-state index in [1.807, 2.05) is 36.4 Å². The number of nitrogens with one attached hydrogen (secondary N) is 1. The summed E-state index contributed by atoms with van der Waals surface area (Å²) in [5, 5.41) is 17.0. The number of benzene rings is 1. The summed E-state index contributed by atoms with van der Waals surface area (Å²) in [5.74, 6) is 1.60. The summed E-state index contributed by atoms with van der Waals surface area (Å²) >= 11 is 6.17. The van der Waals surface area contributed by atoms with Crippen LogP contribution in [-0.2, 0) is 12.0 Å². The number of fused-ring (bicyclic) bond motifs is 1. The van der Waals surface area contributed by atoms with Crippen molar-refractivity contribution in [2.24, 2.45) is 0 Å². The van der Waals surface area contributed by atoms with Crippen LogP contribution < -0.4 is 5.32 Å². The van der Waals surface area contributed by atoms with E-state index >= 15 is 0 Å². The predicted octanol–water partition coefficient (Wildman–Crippen LogP) is 3.69. The molecule has 0 aliphatic heterocycles. The van der Waals surface area contributed by atoms with Gasteiger partial charge < -0.3 is 5.32 Å². The zero-order valence-corrected chi connectivity index (χ0v) is 13.6. The molecule has 0 saturated carbocycles. The predicted molar refractivity (Wildman–Crippen MR) is 88.3 cm³/mol. The summed E-state index contributed by atoms with van der Waals surface area (Å²) in [6.45, 7) is 6.89. The molecule has 0 radical (unpaired) electrons. The van der Waals surface area contributed by atoms with Gasteiger partial charge in [-0.2, -0.15) is 4.52 Å². The molecule has 0 amide bonds. The number of aromatic nitrogens is 4. The van der Waals surface area contributed by atoms with Crippen molar-refractivity contribution in [3.63, 3.8) is 0 Å². The van der Waals surface area contributed by atoms with E-state index < -0.39 is 0 Å². The van der Waals surface area contributed by atoms with E-state index in [2.05, 4.69) is 41.4 Å². The Morgan fingerprint density at radius 3 is 2.59 bits per heavy atom. The number of nitrogens with zero attached hydrogens (tertiary/aromatic N) is 4. The van der Waals surface area contributed by atoms with E-state index in [-0.39, 0.29) is 5.41 Å². The second-order valence-electron chi connectivity index (χ2n) is 6.21. The Hall–Kier alpha value is -2.14. The van der Waals surface area contributed by atoms with Gasteiger partial charge in [0.15, 0.2) is 11.5 Å². The van der Waals surface area contributed by atoms with Gasteiger partial charge in [-0.05, 0) is 23.8 Å². The van der Waals surface area contributed by atoms with Gasteiger partial charge in [0.05, 0.1) is 0 Å². The first-order valence-corrected chi connectivity index (χ1v) is 7.53. The van der Waals surface area contributed by atoms with Crippen molar-refractivity contribution in [3.8, 4) is 0 Å². The van der Waals surface area contributed by atoms with E-state index in [1.165, 1.54) is 0 Å². The first-order chi connectivity index (χ1) is 10.4. The molecule has 114 valence electrons. The van der Waals surface area contributed by atoms with Crippen molar-refractivity contribution in [2.45, 2.75) is 32.7 Å². The number of anilines is 1. The fraction of sp³-hybridized carbons (Fsp3) is 0.312. The standard InChI is InChI=1S/C16H18ClN5/c1-16(2,3)15-20-19-14-9-8-13(21-22(14)15)18-10-11-6-4-5-7-12(11)17/h4-9H,10H2,1-3H3,(H,18,21). The fourth-order valence-electron chi connectivity index (χ4n) is 2.18. The fourth-order valence-corrected chi connectivity index (χ4v) is 2.38. The summed E-state index contributed by atoms with van der Waals surface area (Å²) in [7, 11) is 0. The molecule has 22 heavy (non-hydrogen) atoms. The largest absolute Gasteiger partial charge is 0.364 e. The quantitative estimate of drug-likeness (QED) is 0.801. The number of rotatable bonds is 3. The average molecular weight is 316 g/mol. The molecule has 1 aromatic carbocycles. The molecule has 0 aliphatic carbocycles. The molecule has 2 heterocycles. The summed E-state index contributed by atoms with van der Waals surface area (Å²) in [5.41, 5.74) is 1.66. The number of hydrogen-bond donors (Lipinski definition) is 1. The van der Waals surface area contributed by atoms with Crippen LogP contribution in [0.5, 0.6) is 0 Å². The summed E-state index contributed by atoms with van der Waals surface area (Å²) < 4.78 is 1.79. The van der Waals surface area contributed by atoms with Crippen molar-refractivity contribution in [1.82, 2.24) is 19.8 Å². The van der Waals surface area contributed by atoms with Gasteiger partial charge in [0.1, 0.15) is 5.82 Å². The van der Waals surface area contributed by atoms with Gasteiger partial charge in [0.2, 0.25) is 0 Å². The lowest BCUT2D eigenvalue weighted by Crippen LogP contribution is -2.17. The van der Waals surface area contributed by atoms with Crippen molar-refractivity contribution in [1.29, 1.82) is 0 Å². The topological polar surface area (TPSA) is 55.1 Å². The molecule has 6 heteroatoms. The molecule has 0 bridgehead atoms. The zero-order chi connectivity index (χ0) is 15.7. The van der Waals surface area contributed by atoms with E-state index in [0.29, 0.717) is 6.54 Å². The molecular formula is C16H18ClN5. The van der Waals surface area contributed by atoms with Crippen LogP contribution in [0, 0.1) is 0 Å². The molecular weight excluding hydrogens is 298 g/mol. The SMILES string of the molecule is CC(C)(C)c1nnc2ccc(NCc3ccccc3Cl)nn12.